The minimum Gasteiger partial charge on any atom is -0.383 e. The Balaban J connectivity index is 1.98. The van der Waals surface area contributed by atoms with Gasteiger partial charge in [-0.1, -0.05) is 0 Å². The van der Waals surface area contributed by atoms with Crippen LogP contribution < -0.4 is 16.6 Å². The maximum absolute atomic E-state index is 12.1. The summed E-state index contributed by atoms with van der Waals surface area (Å²) in [7, 11) is 1.92. The highest BCUT2D eigenvalue weighted by molar-refractivity contribution is 5.95. The Morgan fingerprint density at radius 2 is 2.14 bits per heavy atom. The van der Waals surface area contributed by atoms with E-state index in [-0.39, 0.29) is 17.3 Å². The van der Waals surface area contributed by atoms with Gasteiger partial charge in [0.25, 0.3) is 11.5 Å². The SMILES string of the molecule is Cc1cc(C(=O)NCCc2nc(N)cc(=O)[nH]2)c(C)n1C. The van der Waals surface area contributed by atoms with Crippen LogP contribution in [0.15, 0.2) is 16.9 Å². The van der Waals surface area contributed by atoms with Gasteiger partial charge in [0.1, 0.15) is 11.6 Å². The van der Waals surface area contributed by atoms with E-state index in [9.17, 15) is 9.59 Å². The van der Waals surface area contributed by atoms with Crippen LogP contribution >= 0.6 is 0 Å². The summed E-state index contributed by atoms with van der Waals surface area (Å²) in [5.41, 5.74) is 7.81. The molecule has 0 aliphatic heterocycles. The summed E-state index contributed by atoms with van der Waals surface area (Å²) in [5.74, 6) is 0.498. The van der Waals surface area contributed by atoms with Crippen LogP contribution in [0.1, 0.15) is 27.6 Å². The van der Waals surface area contributed by atoms with E-state index in [4.69, 9.17) is 5.73 Å². The molecule has 4 N–H and O–H groups in total. The van der Waals surface area contributed by atoms with Crippen molar-refractivity contribution in [2.75, 3.05) is 12.3 Å². The number of rotatable bonds is 4. The first kappa shape index (κ1) is 14.8. The Kier molecular flexibility index (Phi) is 4.11. The molecule has 7 nitrogen and oxygen atoms in total. The number of anilines is 1. The molecule has 0 aromatic carbocycles. The van der Waals surface area contributed by atoms with Crippen molar-refractivity contribution >= 4 is 11.7 Å². The Hall–Kier alpha value is -2.57. The maximum atomic E-state index is 12.1. The molecular formula is C14H19N5O2. The lowest BCUT2D eigenvalue weighted by Gasteiger charge is -2.05. The van der Waals surface area contributed by atoms with E-state index in [0.29, 0.717) is 24.4 Å². The fourth-order valence-corrected chi connectivity index (χ4v) is 2.12. The molecule has 0 saturated heterocycles. The van der Waals surface area contributed by atoms with E-state index in [2.05, 4.69) is 15.3 Å². The molecule has 0 saturated carbocycles. The van der Waals surface area contributed by atoms with Crippen LogP contribution in [0.2, 0.25) is 0 Å². The summed E-state index contributed by atoms with van der Waals surface area (Å²) < 4.78 is 1.96. The zero-order valence-corrected chi connectivity index (χ0v) is 12.4. The van der Waals surface area contributed by atoms with Crippen LogP contribution in [0.25, 0.3) is 0 Å². The van der Waals surface area contributed by atoms with Gasteiger partial charge in [0, 0.05) is 37.5 Å². The molecule has 0 aliphatic rings. The number of aryl methyl sites for hydroxylation is 1. The first-order valence-electron chi connectivity index (χ1n) is 6.65. The molecule has 2 aromatic rings. The molecule has 2 rings (SSSR count). The molecule has 0 bridgehead atoms. The Labute approximate surface area is 122 Å². The summed E-state index contributed by atoms with van der Waals surface area (Å²) in [6.45, 7) is 4.22. The van der Waals surface area contributed by atoms with E-state index < -0.39 is 0 Å². The summed E-state index contributed by atoms with van der Waals surface area (Å²) in [5, 5.41) is 2.81. The number of carbonyl (C=O) groups excluding carboxylic acids is 1. The van der Waals surface area contributed by atoms with E-state index in [1.807, 2.05) is 31.5 Å². The van der Waals surface area contributed by atoms with Gasteiger partial charge in [-0.3, -0.25) is 9.59 Å². The zero-order valence-electron chi connectivity index (χ0n) is 12.4. The third-order valence-corrected chi connectivity index (χ3v) is 3.48. The van der Waals surface area contributed by atoms with Gasteiger partial charge in [-0.05, 0) is 19.9 Å². The number of nitrogens with two attached hydrogens (primary N) is 1. The fraction of sp³-hybridized carbons (Fsp3) is 0.357. The smallest absolute Gasteiger partial charge is 0.253 e. The molecule has 7 heteroatoms. The summed E-state index contributed by atoms with van der Waals surface area (Å²) in [6.07, 6.45) is 0.414. The lowest BCUT2D eigenvalue weighted by molar-refractivity contribution is 0.0953. The van der Waals surface area contributed by atoms with Gasteiger partial charge in [-0.15, -0.1) is 0 Å². The molecule has 112 valence electrons. The summed E-state index contributed by atoms with van der Waals surface area (Å²) >= 11 is 0. The molecule has 2 aromatic heterocycles. The van der Waals surface area contributed by atoms with Crippen LogP contribution in [0.3, 0.4) is 0 Å². The molecule has 0 radical (unpaired) electrons. The van der Waals surface area contributed by atoms with Gasteiger partial charge < -0.3 is 20.6 Å². The molecule has 0 spiro atoms. The first-order valence-corrected chi connectivity index (χ1v) is 6.65. The number of nitrogen functional groups attached to an aromatic ring is 1. The molecule has 21 heavy (non-hydrogen) atoms. The number of hydrogen-bond donors (Lipinski definition) is 3. The van der Waals surface area contributed by atoms with Crippen molar-refractivity contribution in [2.45, 2.75) is 20.3 Å². The highest BCUT2D eigenvalue weighted by atomic mass is 16.1. The van der Waals surface area contributed by atoms with Crippen molar-refractivity contribution in [3.63, 3.8) is 0 Å². The quantitative estimate of drug-likeness (QED) is 0.751. The topological polar surface area (TPSA) is 106 Å². The van der Waals surface area contributed by atoms with Gasteiger partial charge in [-0.25, -0.2) is 4.98 Å². The van der Waals surface area contributed by atoms with Crippen LogP contribution in [-0.2, 0) is 13.5 Å². The average Bonchev–Trinajstić information content (AvgIpc) is 2.65. The molecule has 0 unspecified atom stereocenters. The summed E-state index contributed by atoms with van der Waals surface area (Å²) in [6, 6.07) is 3.07. The second kappa shape index (κ2) is 5.82. The molecule has 0 atom stereocenters. The number of nitrogens with zero attached hydrogens (tertiary/aromatic N) is 2. The van der Waals surface area contributed by atoms with Gasteiger partial charge in [-0.2, -0.15) is 0 Å². The molecule has 2 heterocycles. The number of carbonyl (C=O) groups is 1. The third kappa shape index (κ3) is 3.31. The van der Waals surface area contributed by atoms with Gasteiger partial charge >= 0.3 is 0 Å². The highest BCUT2D eigenvalue weighted by Gasteiger charge is 2.13. The van der Waals surface area contributed by atoms with Crippen LogP contribution in [-0.4, -0.2) is 27.0 Å². The van der Waals surface area contributed by atoms with Crippen molar-refractivity contribution in [1.82, 2.24) is 19.9 Å². The highest BCUT2D eigenvalue weighted by Crippen LogP contribution is 2.12. The third-order valence-electron chi connectivity index (χ3n) is 3.48. The Morgan fingerprint density at radius 3 is 2.71 bits per heavy atom. The first-order chi connectivity index (χ1) is 9.88. The lowest BCUT2D eigenvalue weighted by atomic mass is 10.2. The second-order valence-electron chi connectivity index (χ2n) is 4.97. The van der Waals surface area contributed by atoms with Crippen molar-refractivity contribution in [3.05, 3.63) is 45.3 Å². The van der Waals surface area contributed by atoms with Crippen LogP contribution in [0, 0.1) is 13.8 Å². The van der Waals surface area contributed by atoms with E-state index in [0.717, 1.165) is 11.4 Å². The Bertz CT molecular complexity index is 729. The van der Waals surface area contributed by atoms with E-state index in [1.54, 1.807) is 0 Å². The van der Waals surface area contributed by atoms with Crippen LogP contribution in [0.4, 0.5) is 5.82 Å². The van der Waals surface area contributed by atoms with Crippen molar-refractivity contribution in [2.24, 2.45) is 7.05 Å². The average molecular weight is 289 g/mol. The van der Waals surface area contributed by atoms with Crippen molar-refractivity contribution in [3.8, 4) is 0 Å². The fourth-order valence-electron chi connectivity index (χ4n) is 2.12. The number of aromatic nitrogens is 3. The molecule has 1 amide bonds. The minimum absolute atomic E-state index is 0.137. The van der Waals surface area contributed by atoms with Crippen LogP contribution in [0.5, 0.6) is 0 Å². The van der Waals surface area contributed by atoms with Gasteiger partial charge in [0.05, 0.1) is 5.56 Å². The predicted octanol–water partition coefficient (Wildman–Crippen LogP) is 0.280. The normalized spacial score (nSPS) is 10.6. The second-order valence-corrected chi connectivity index (χ2v) is 4.97. The number of hydrogen-bond acceptors (Lipinski definition) is 4. The minimum atomic E-state index is -0.293. The molecular weight excluding hydrogens is 270 g/mol. The largest absolute Gasteiger partial charge is 0.383 e. The van der Waals surface area contributed by atoms with Crippen molar-refractivity contribution < 1.29 is 4.79 Å². The lowest BCUT2D eigenvalue weighted by Crippen LogP contribution is -2.27. The van der Waals surface area contributed by atoms with Gasteiger partial charge in [0.2, 0.25) is 0 Å². The van der Waals surface area contributed by atoms with E-state index >= 15 is 0 Å². The molecule has 0 fully saturated rings. The predicted molar refractivity (Wildman–Crippen MR) is 80.2 cm³/mol. The maximum Gasteiger partial charge on any atom is 0.253 e. The summed E-state index contributed by atoms with van der Waals surface area (Å²) in [4.78, 5) is 30.0. The zero-order chi connectivity index (χ0) is 15.6. The van der Waals surface area contributed by atoms with E-state index in [1.165, 1.54) is 6.07 Å². The standard InChI is InChI=1S/C14H19N5O2/c1-8-6-10(9(2)19(8)3)14(21)16-5-4-12-17-11(15)7-13(20)18-12/h6-7H,4-5H2,1-3H3,(H,16,21)(H3,15,17,18,20). The Morgan fingerprint density at radius 1 is 1.43 bits per heavy atom. The number of H-pyrrole nitrogens is 1. The number of nitrogens with one attached hydrogen (secondary N) is 2. The van der Waals surface area contributed by atoms with Gasteiger partial charge in [0.15, 0.2) is 0 Å². The monoisotopic (exact) mass is 289 g/mol. The molecule has 0 aliphatic carbocycles. The number of aromatic amines is 1. The van der Waals surface area contributed by atoms with Crippen molar-refractivity contribution in [1.29, 1.82) is 0 Å². The number of amides is 1.